The van der Waals surface area contributed by atoms with Crippen molar-refractivity contribution in [1.29, 1.82) is 0 Å². The first-order valence-electron chi connectivity index (χ1n) is 11.2. The van der Waals surface area contributed by atoms with Crippen LogP contribution in [0.3, 0.4) is 0 Å². The molecule has 3 aromatic carbocycles. The van der Waals surface area contributed by atoms with Gasteiger partial charge in [0.15, 0.2) is 0 Å². The molecule has 4 amide bonds. The van der Waals surface area contributed by atoms with Crippen molar-refractivity contribution in [3.63, 3.8) is 0 Å². The molecule has 7 nitrogen and oxygen atoms in total. The van der Waals surface area contributed by atoms with Gasteiger partial charge in [-0.15, -0.1) is 0 Å². The molecule has 35 heavy (non-hydrogen) atoms. The van der Waals surface area contributed by atoms with Crippen molar-refractivity contribution >= 4 is 29.3 Å². The summed E-state index contributed by atoms with van der Waals surface area (Å²) >= 11 is 0. The number of nitrogens with zero attached hydrogens (tertiary/aromatic N) is 2. The molecule has 1 aliphatic rings. The number of halogens is 1. The van der Waals surface area contributed by atoms with Gasteiger partial charge in [0, 0.05) is 12.0 Å². The highest BCUT2D eigenvalue weighted by atomic mass is 19.1. The summed E-state index contributed by atoms with van der Waals surface area (Å²) < 4.78 is 13.3. The fraction of sp³-hybridized carbons (Fsp3) is 0.185. The van der Waals surface area contributed by atoms with Gasteiger partial charge in [-0.1, -0.05) is 48.0 Å². The van der Waals surface area contributed by atoms with Gasteiger partial charge >= 0.3 is 0 Å². The predicted molar refractivity (Wildman–Crippen MR) is 128 cm³/mol. The highest BCUT2D eigenvalue weighted by Gasteiger charge is 2.45. The number of anilines is 1. The Kier molecular flexibility index (Phi) is 7.01. The maximum atomic E-state index is 13.3. The third kappa shape index (κ3) is 5.43. The number of aryl methyl sites for hydroxylation is 2. The van der Waals surface area contributed by atoms with E-state index in [9.17, 15) is 23.6 Å². The zero-order chi connectivity index (χ0) is 24.9. The van der Waals surface area contributed by atoms with E-state index in [0.717, 1.165) is 33.2 Å². The number of nitrogens with one attached hydrogen (secondary N) is 1. The van der Waals surface area contributed by atoms with Gasteiger partial charge in [-0.3, -0.25) is 24.6 Å². The molecule has 0 spiro atoms. The van der Waals surface area contributed by atoms with Crippen molar-refractivity contribution in [3.05, 3.63) is 101 Å². The normalized spacial score (nSPS) is 15.3. The van der Waals surface area contributed by atoms with E-state index in [-0.39, 0.29) is 18.5 Å². The number of carbonyl (C=O) groups is 4. The minimum absolute atomic E-state index is 0.0205. The number of benzene rings is 3. The molecule has 0 aliphatic carbocycles. The lowest BCUT2D eigenvalue weighted by Crippen LogP contribution is -2.54. The number of imide groups is 1. The molecule has 1 fully saturated rings. The Balaban J connectivity index is 1.58. The van der Waals surface area contributed by atoms with Crippen molar-refractivity contribution < 1.29 is 23.6 Å². The number of rotatable bonds is 6. The number of carbonyl (C=O) groups excluding carboxylic acids is 4. The smallest absolute Gasteiger partial charge is 0.269 e. The van der Waals surface area contributed by atoms with Gasteiger partial charge < -0.3 is 0 Å². The van der Waals surface area contributed by atoms with Crippen LogP contribution in [0.4, 0.5) is 10.1 Å². The van der Waals surface area contributed by atoms with Gasteiger partial charge in [-0.25, -0.2) is 14.3 Å². The van der Waals surface area contributed by atoms with E-state index in [1.807, 2.05) is 37.3 Å². The average molecular weight is 474 g/mol. The summed E-state index contributed by atoms with van der Waals surface area (Å²) in [6.07, 6.45) is 0.112. The third-order valence-electron chi connectivity index (χ3n) is 5.79. The van der Waals surface area contributed by atoms with Crippen molar-refractivity contribution in [1.82, 2.24) is 10.4 Å². The lowest BCUT2D eigenvalue weighted by molar-refractivity contribution is -0.141. The quantitative estimate of drug-likeness (QED) is 0.438. The van der Waals surface area contributed by atoms with E-state index in [0.29, 0.717) is 12.0 Å². The Bertz CT molecular complexity index is 1240. The molecule has 4 rings (SSSR count). The Labute approximate surface area is 202 Å². The van der Waals surface area contributed by atoms with Crippen LogP contribution in [0.1, 0.15) is 34.3 Å². The predicted octanol–water partition coefficient (Wildman–Crippen LogP) is 3.57. The topological polar surface area (TPSA) is 86.8 Å². The molecule has 0 aromatic heterocycles. The highest BCUT2D eigenvalue weighted by Crippen LogP contribution is 2.26. The number of hydrogen-bond donors (Lipinski definition) is 1. The maximum absolute atomic E-state index is 13.3. The van der Waals surface area contributed by atoms with Gasteiger partial charge in [0.25, 0.3) is 11.8 Å². The van der Waals surface area contributed by atoms with Crippen LogP contribution >= 0.6 is 0 Å². The van der Waals surface area contributed by atoms with E-state index in [2.05, 4.69) is 5.43 Å². The lowest BCUT2D eigenvalue weighted by Gasteiger charge is -2.28. The molecule has 0 bridgehead atoms. The Morgan fingerprint density at radius 2 is 1.63 bits per heavy atom. The number of hydrogen-bond acceptors (Lipinski definition) is 4. The molecule has 0 unspecified atom stereocenters. The summed E-state index contributed by atoms with van der Waals surface area (Å²) in [5, 5.41) is 0.967. The van der Waals surface area contributed by atoms with Crippen molar-refractivity contribution in [2.24, 2.45) is 0 Å². The van der Waals surface area contributed by atoms with Crippen LogP contribution in [0.25, 0.3) is 0 Å². The van der Waals surface area contributed by atoms with E-state index < -0.39 is 35.5 Å². The summed E-state index contributed by atoms with van der Waals surface area (Å²) in [7, 11) is 0. The molecule has 1 saturated heterocycles. The van der Waals surface area contributed by atoms with Crippen molar-refractivity contribution in [3.8, 4) is 0 Å². The molecule has 1 N–H and O–H groups in total. The van der Waals surface area contributed by atoms with Crippen LogP contribution in [-0.2, 0) is 20.8 Å². The summed E-state index contributed by atoms with van der Waals surface area (Å²) in [5.41, 5.74) is 4.94. The molecule has 1 aliphatic heterocycles. The molecule has 3 aromatic rings. The minimum atomic E-state index is -1.22. The first-order chi connectivity index (χ1) is 16.8. The zero-order valence-electron chi connectivity index (χ0n) is 19.1. The van der Waals surface area contributed by atoms with Gasteiger partial charge in [-0.05, 0) is 55.3 Å². The molecule has 0 saturated carbocycles. The van der Waals surface area contributed by atoms with Crippen LogP contribution in [0.15, 0.2) is 78.9 Å². The van der Waals surface area contributed by atoms with Gasteiger partial charge in [0.05, 0.1) is 12.1 Å². The molecule has 178 valence electrons. The average Bonchev–Trinajstić information content (AvgIpc) is 3.16. The van der Waals surface area contributed by atoms with Crippen LogP contribution in [-0.4, -0.2) is 34.7 Å². The van der Waals surface area contributed by atoms with E-state index in [1.54, 1.807) is 24.3 Å². The lowest BCUT2D eigenvalue weighted by atomic mass is 10.1. The molecule has 8 heteroatoms. The number of hydrazine groups is 1. The zero-order valence-corrected chi connectivity index (χ0v) is 19.1. The molecule has 1 heterocycles. The molecular formula is C27H24FN3O4. The number of amides is 4. The minimum Gasteiger partial charge on any atom is -0.274 e. The Morgan fingerprint density at radius 3 is 2.29 bits per heavy atom. The Morgan fingerprint density at radius 1 is 0.971 bits per heavy atom. The largest absolute Gasteiger partial charge is 0.274 e. The summed E-state index contributed by atoms with van der Waals surface area (Å²) in [5.74, 6) is -2.79. The van der Waals surface area contributed by atoms with Crippen LogP contribution in [0, 0.1) is 12.7 Å². The first kappa shape index (κ1) is 23.8. The van der Waals surface area contributed by atoms with E-state index in [1.165, 1.54) is 12.1 Å². The monoisotopic (exact) mass is 473 g/mol. The summed E-state index contributed by atoms with van der Waals surface area (Å²) in [6, 6.07) is 19.8. The second-order valence-electron chi connectivity index (χ2n) is 8.32. The van der Waals surface area contributed by atoms with Gasteiger partial charge in [0.2, 0.25) is 11.8 Å². The highest BCUT2D eigenvalue weighted by molar-refractivity contribution is 6.23. The molecule has 1 atom stereocenters. The maximum Gasteiger partial charge on any atom is 0.269 e. The standard InChI is InChI=1S/C27H24FN3O4/c1-18-7-10-20(11-8-18)26(34)29-31(24(32)16-9-19-5-3-2-4-6-19)23-17-25(33)30(27(23)35)22-14-12-21(28)13-15-22/h2-8,10-15,23H,9,16-17H2,1H3,(H,29,34)/t23-/m0/s1. The first-order valence-corrected chi connectivity index (χ1v) is 11.2. The fourth-order valence-corrected chi connectivity index (χ4v) is 3.89. The van der Waals surface area contributed by atoms with Gasteiger partial charge in [0.1, 0.15) is 11.9 Å². The van der Waals surface area contributed by atoms with E-state index >= 15 is 0 Å². The summed E-state index contributed by atoms with van der Waals surface area (Å²) in [4.78, 5) is 53.1. The van der Waals surface area contributed by atoms with Crippen molar-refractivity contribution in [2.45, 2.75) is 32.2 Å². The molecular weight excluding hydrogens is 449 g/mol. The van der Waals surface area contributed by atoms with Gasteiger partial charge in [-0.2, -0.15) is 0 Å². The molecule has 0 radical (unpaired) electrons. The van der Waals surface area contributed by atoms with Crippen LogP contribution in [0.2, 0.25) is 0 Å². The Hall–Kier alpha value is -4.33. The SMILES string of the molecule is Cc1ccc(C(=O)NN(C(=O)CCc2ccccc2)[C@H]2CC(=O)N(c3ccc(F)cc3)C2=O)cc1. The van der Waals surface area contributed by atoms with Crippen molar-refractivity contribution in [2.75, 3.05) is 4.90 Å². The van der Waals surface area contributed by atoms with E-state index in [4.69, 9.17) is 0 Å². The second-order valence-corrected chi connectivity index (χ2v) is 8.32. The third-order valence-corrected chi connectivity index (χ3v) is 5.79. The van der Waals surface area contributed by atoms with Crippen LogP contribution < -0.4 is 10.3 Å². The van der Waals surface area contributed by atoms with Crippen LogP contribution in [0.5, 0.6) is 0 Å². The fourth-order valence-electron chi connectivity index (χ4n) is 3.89. The summed E-state index contributed by atoms with van der Waals surface area (Å²) in [6.45, 7) is 1.88. The second kappa shape index (κ2) is 10.3.